The zero-order valence-corrected chi connectivity index (χ0v) is 17.7. The van der Waals surface area contributed by atoms with E-state index in [1.165, 1.54) is 0 Å². The van der Waals surface area contributed by atoms with Crippen LogP contribution in [0, 0.1) is 0 Å². The lowest BCUT2D eigenvalue weighted by atomic mass is 10.0. The van der Waals surface area contributed by atoms with E-state index < -0.39 is 39.7 Å². The van der Waals surface area contributed by atoms with Crippen LogP contribution >= 0.6 is 0 Å². The first kappa shape index (κ1) is 24.9. The quantitative estimate of drug-likeness (QED) is 0.217. The van der Waals surface area contributed by atoms with Gasteiger partial charge in [-0.3, -0.25) is 0 Å². The zero-order chi connectivity index (χ0) is 21.5. The molecule has 0 aliphatic rings. The molecule has 0 aliphatic carbocycles. The van der Waals surface area contributed by atoms with Crippen LogP contribution in [0.5, 0.6) is 0 Å². The summed E-state index contributed by atoms with van der Waals surface area (Å²) in [6, 6.07) is 2.24. The van der Waals surface area contributed by atoms with Gasteiger partial charge in [0.2, 0.25) is 0 Å². The highest BCUT2D eigenvalue weighted by Gasteiger charge is 2.36. The molecule has 162 valence electrons. The summed E-state index contributed by atoms with van der Waals surface area (Å²) >= 11 is 0. The normalized spacial score (nSPS) is 13.6. The van der Waals surface area contributed by atoms with Crippen molar-refractivity contribution in [3.8, 4) is 0 Å². The van der Waals surface area contributed by atoms with Crippen molar-refractivity contribution >= 4 is 9.76 Å². The lowest BCUT2D eigenvalue weighted by Crippen LogP contribution is -2.28. The minimum atomic E-state index is -4.83. The Kier molecular flexibility index (Phi) is 9.45. The Balaban J connectivity index is 2.64. The number of hydrogen-bond acceptors (Lipinski definition) is 3. The molecule has 0 unspecified atom stereocenters. The summed E-state index contributed by atoms with van der Waals surface area (Å²) in [5.74, 6) is 0. The standard InChI is InChI=1S/C18H26F6O3Si/c1-11(2)25-16(26-12(3)4)27-28-7-5-6-13-8-14(17(19,20)21)10-15(9-13)18(22,23)24/h8-12,16H,5-7,28H2,1-4H3. The summed E-state index contributed by atoms with van der Waals surface area (Å²) in [5.41, 5.74) is -2.58. The van der Waals surface area contributed by atoms with E-state index in [9.17, 15) is 26.3 Å². The number of ether oxygens (including phenoxy) is 2. The number of alkyl halides is 6. The molecular formula is C18H26F6O3Si. The van der Waals surface area contributed by atoms with E-state index in [1.54, 1.807) is 0 Å². The molecule has 1 aromatic carbocycles. The van der Waals surface area contributed by atoms with Crippen molar-refractivity contribution in [3.05, 3.63) is 34.9 Å². The molecule has 0 saturated carbocycles. The maximum atomic E-state index is 12.9. The van der Waals surface area contributed by atoms with Gasteiger partial charge in [0.25, 0.3) is 6.48 Å². The van der Waals surface area contributed by atoms with Crippen LogP contribution in [0.1, 0.15) is 50.8 Å². The van der Waals surface area contributed by atoms with Gasteiger partial charge in [0.1, 0.15) is 0 Å². The lowest BCUT2D eigenvalue weighted by molar-refractivity contribution is -0.275. The smallest absolute Gasteiger partial charge is 0.379 e. The third-order valence-corrected chi connectivity index (χ3v) is 4.82. The SMILES string of the molecule is CC(C)OC(O[SiH2]CCCc1cc(C(F)(F)F)cc(C(F)(F)F)c1)OC(C)C. The third kappa shape index (κ3) is 9.40. The summed E-state index contributed by atoms with van der Waals surface area (Å²) in [5, 5.41) is 0. The molecular weight excluding hydrogens is 406 g/mol. The Hall–Kier alpha value is -1.10. The Morgan fingerprint density at radius 1 is 0.821 bits per heavy atom. The minimum absolute atomic E-state index is 0.00422. The van der Waals surface area contributed by atoms with E-state index in [-0.39, 0.29) is 30.3 Å². The highest BCUT2D eigenvalue weighted by molar-refractivity contribution is 6.27. The Morgan fingerprint density at radius 2 is 1.29 bits per heavy atom. The second-order valence-corrected chi connectivity index (χ2v) is 8.35. The van der Waals surface area contributed by atoms with E-state index in [2.05, 4.69) is 0 Å². The number of hydrogen-bond donors (Lipinski definition) is 0. The molecule has 0 heterocycles. The summed E-state index contributed by atoms with van der Waals surface area (Å²) in [7, 11) is -1.11. The fourth-order valence-electron chi connectivity index (χ4n) is 2.33. The van der Waals surface area contributed by atoms with Crippen molar-refractivity contribution in [1.82, 2.24) is 0 Å². The molecule has 0 saturated heterocycles. The Labute approximate surface area is 163 Å². The monoisotopic (exact) mass is 432 g/mol. The predicted octanol–water partition coefficient (Wildman–Crippen LogP) is 5.31. The average molecular weight is 432 g/mol. The molecule has 0 aliphatic heterocycles. The zero-order valence-electron chi connectivity index (χ0n) is 16.3. The lowest BCUT2D eigenvalue weighted by Gasteiger charge is -2.23. The predicted molar refractivity (Wildman–Crippen MR) is 95.4 cm³/mol. The summed E-state index contributed by atoms with van der Waals surface area (Å²) in [4.78, 5) is 0. The number of halogens is 6. The number of rotatable bonds is 10. The number of aryl methyl sites for hydroxylation is 1. The van der Waals surface area contributed by atoms with Gasteiger partial charge in [0.15, 0.2) is 9.76 Å². The van der Waals surface area contributed by atoms with E-state index in [1.807, 2.05) is 27.7 Å². The molecule has 28 heavy (non-hydrogen) atoms. The van der Waals surface area contributed by atoms with E-state index in [0.717, 1.165) is 12.1 Å². The van der Waals surface area contributed by atoms with Gasteiger partial charge in [-0.2, -0.15) is 26.3 Å². The molecule has 10 heteroatoms. The average Bonchev–Trinajstić information content (AvgIpc) is 2.51. The highest BCUT2D eigenvalue weighted by atomic mass is 28.2. The van der Waals surface area contributed by atoms with Crippen molar-refractivity contribution in [1.29, 1.82) is 0 Å². The summed E-state index contributed by atoms with van der Waals surface area (Å²) in [6.45, 7) is 6.50. The van der Waals surface area contributed by atoms with Gasteiger partial charge in [0, 0.05) is 0 Å². The maximum Gasteiger partial charge on any atom is 0.416 e. The molecule has 3 nitrogen and oxygen atoms in total. The fraction of sp³-hybridized carbons (Fsp3) is 0.667. The van der Waals surface area contributed by atoms with Crippen molar-refractivity contribution in [3.63, 3.8) is 0 Å². The van der Waals surface area contributed by atoms with Gasteiger partial charge < -0.3 is 13.9 Å². The molecule has 0 atom stereocenters. The van der Waals surface area contributed by atoms with Crippen LogP contribution < -0.4 is 0 Å². The third-order valence-electron chi connectivity index (χ3n) is 3.53. The van der Waals surface area contributed by atoms with Crippen LogP contribution in [-0.4, -0.2) is 28.4 Å². The second-order valence-electron chi connectivity index (χ2n) is 6.90. The molecule has 0 aromatic heterocycles. The number of benzene rings is 1. The van der Waals surface area contributed by atoms with Gasteiger partial charge in [0.05, 0.1) is 23.3 Å². The van der Waals surface area contributed by atoms with Gasteiger partial charge in [-0.15, -0.1) is 0 Å². The van der Waals surface area contributed by atoms with E-state index in [0.29, 0.717) is 12.5 Å². The molecule has 0 spiro atoms. The van der Waals surface area contributed by atoms with E-state index in [4.69, 9.17) is 13.9 Å². The van der Waals surface area contributed by atoms with Gasteiger partial charge in [-0.1, -0.05) is 6.42 Å². The largest absolute Gasteiger partial charge is 0.416 e. The molecule has 1 aromatic rings. The molecule has 0 radical (unpaired) electrons. The highest BCUT2D eigenvalue weighted by Crippen LogP contribution is 2.36. The molecule has 0 fully saturated rings. The fourth-order valence-corrected chi connectivity index (χ4v) is 3.30. The van der Waals surface area contributed by atoms with Gasteiger partial charge in [-0.05, 0) is 63.9 Å². The van der Waals surface area contributed by atoms with Gasteiger partial charge >= 0.3 is 12.4 Å². The first-order valence-electron chi connectivity index (χ1n) is 9.00. The van der Waals surface area contributed by atoms with Crippen LogP contribution in [0.25, 0.3) is 0 Å². The topological polar surface area (TPSA) is 27.7 Å². The van der Waals surface area contributed by atoms with Crippen LogP contribution in [0.15, 0.2) is 18.2 Å². The van der Waals surface area contributed by atoms with Crippen molar-refractivity contribution < 1.29 is 40.2 Å². The van der Waals surface area contributed by atoms with Crippen molar-refractivity contribution in [2.24, 2.45) is 0 Å². The summed E-state index contributed by atoms with van der Waals surface area (Å²) in [6.07, 6.45) is -9.36. The molecule has 1 rings (SSSR count). The first-order chi connectivity index (χ1) is 12.8. The first-order valence-corrected chi connectivity index (χ1v) is 10.6. The molecule has 0 bridgehead atoms. The van der Waals surface area contributed by atoms with Crippen molar-refractivity contribution in [2.75, 3.05) is 0 Å². The van der Waals surface area contributed by atoms with Crippen LogP contribution in [0.4, 0.5) is 26.3 Å². The van der Waals surface area contributed by atoms with Crippen LogP contribution in [0.3, 0.4) is 0 Å². The molecule has 0 amide bonds. The second kappa shape index (κ2) is 10.6. The van der Waals surface area contributed by atoms with Crippen molar-refractivity contribution in [2.45, 2.75) is 77.6 Å². The van der Waals surface area contributed by atoms with E-state index >= 15 is 0 Å². The Bertz CT molecular complexity index is 560. The Morgan fingerprint density at radius 3 is 1.68 bits per heavy atom. The summed E-state index contributed by atoms with van der Waals surface area (Å²) < 4.78 is 93.7. The van der Waals surface area contributed by atoms with Gasteiger partial charge in [-0.25, -0.2) is 0 Å². The maximum absolute atomic E-state index is 12.9. The molecule has 0 N–H and O–H groups in total. The minimum Gasteiger partial charge on any atom is -0.379 e. The van der Waals surface area contributed by atoms with Crippen LogP contribution in [-0.2, 0) is 32.7 Å². The van der Waals surface area contributed by atoms with Crippen LogP contribution in [0.2, 0.25) is 6.04 Å².